The Morgan fingerprint density at radius 2 is 2.38 bits per heavy atom. The predicted octanol–water partition coefficient (Wildman–Crippen LogP) is 0.165. The molecule has 1 heterocycles. The second-order valence-electron chi connectivity index (χ2n) is 2.36. The number of aliphatic carboxylic acids is 1. The molecule has 13 heavy (non-hydrogen) atoms. The molecule has 0 unspecified atom stereocenters. The van der Waals surface area contributed by atoms with E-state index in [4.69, 9.17) is 5.11 Å². The lowest BCUT2D eigenvalue weighted by Crippen LogP contribution is -2.21. The van der Waals surface area contributed by atoms with E-state index in [1.54, 1.807) is 30.1 Å². The van der Waals surface area contributed by atoms with Crippen LogP contribution in [0.25, 0.3) is 0 Å². The lowest BCUT2D eigenvalue weighted by Gasteiger charge is -2.06. The van der Waals surface area contributed by atoms with Crippen molar-refractivity contribution in [2.45, 2.75) is 0 Å². The zero-order valence-electron chi connectivity index (χ0n) is 7.48. The fourth-order valence-electron chi connectivity index (χ4n) is 1.09. The third kappa shape index (κ3) is 1.69. The Labute approximate surface area is 75.7 Å². The summed E-state index contributed by atoms with van der Waals surface area (Å²) in [4.78, 5) is 14.4. The van der Waals surface area contributed by atoms with Crippen LogP contribution in [0, 0.1) is 0 Å². The summed E-state index contributed by atoms with van der Waals surface area (Å²) in [6.45, 7) is 0. The number of aliphatic imine (C=N–C) groups is 1. The molecule has 2 N–H and O–H groups in total. The van der Waals surface area contributed by atoms with E-state index in [2.05, 4.69) is 10.4 Å². The lowest BCUT2D eigenvalue weighted by molar-refractivity contribution is -0.129. The summed E-state index contributed by atoms with van der Waals surface area (Å²) in [6.07, 6.45) is 1.73. The quantitative estimate of drug-likeness (QED) is 0.653. The second-order valence-corrected chi connectivity index (χ2v) is 2.36. The molecule has 5 nitrogen and oxygen atoms in total. The Bertz CT molecular complexity index is 341. The largest absolute Gasteiger partial charge is 0.476 e. The van der Waals surface area contributed by atoms with Crippen LogP contribution in [0.4, 0.5) is 0 Å². The number of carboxylic acids is 1. The van der Waals surface area contributed by atoms with Crippen LogP contribution in [0.1, 0.15) is 5.69 Å². The van der Waals surface area contributed by atoms with Gasteiger partial charge in [-0.1, -0.05) is 0 Å². The van der Waals surface area contributed by atoms with Crippen LogP contribution in [0.2, 0.25) is 0 Å². The van der Waals surface area contributed by atoms with Crippen molar-refractivity contribution in [1.82, 2.24) is 4.68 Å². The van der Waals surface area contributed by atoms with Gasteiger partial charge in [0.1, 0.15) is 0 Å². The van der Waals surface area contributed by atoms with E-state index in [1.165, 1.54) is 7.05 Å². The predicted molar refractivity (Wildman–Crippen MR) is 49.8 cm³/mol. The average molecular weight is 181 g/mol. The molecule has 0 atom stereocenters. The molecule has 0 aromatic carbocycles. The minimum atomic E-state index is -1.03. The molecule has 0 aliphatic heterocycles. The molecule has 5 heteroatoms. The minimum absolute atomic E-state index is 0.0411. The number of carboxylic acid groups (broad SMARTS) is 1. The molecule has 0 saturated carbocycles. The maximum absolute atomic E-state index is 10.7. The maximum atomic E-state index is 10.7. The third-order valence-corrected chi connectivity index (χ3v) is 1.66. The average Bonchev–Trinajstić information content (AvgIpc) is 2.53. The molecule has 0 bridgehead atoms. The van der Waals surface area contributed by atoms with Gasteiger partial charge in [0, 0.05) is 20.3 Å². The van der Waals surface area contributed by atoms with E-state index in [1.807, 2.05) is 0 Å². The van der Waals surface area contributed by atoms with E-state index in [9.17, 15) is 4.79 Å². The van der Waals surface area contributed by atoms with Crippen LogP contribution >= 0.6 is 0 Å². The van der Waals surface area contributed by atoms with Crippen molar-refractivity contribution in [2.24, 2.45) is 4.99 Å². The Morgan fingerprint density at radius 1 is 1.69 bits per heavy atom. The van der Waals surface area contributed by atoms with Crippen LogP contribution in [0.15, 0.2) is 23.3 Å². The molecule has 70 valence electrons. The van der Waals surface area contributed by atoms with Gasteiger partial charge in [0.2, 0.25) is 0 Å². The van der Waals surface area contributed by atoms with Gasteiger partial charge in [-0.3, -0.25) is 9.67 Å². The zero-order chi connectivity index (χ0) is 9.84. The highest BCUT2D eigenvalue weighted by molar-refractivity contribution is 6.42. The molecule has 0 aliphatic rings. The summed E-state index contributed by atoms with van der Waals surface area (Å²) in [5.41, 5.74) is 3.40. The molecular formula is C8H11N3O2. The number of rotatable bonds is 3. The van der Waals surface area contributed by atoms with Gasteiger partial charge in [0.25, 0.3) is 0 Å². The number of carbonyl (C=O) groups is 1. The molecule has 1 rings (SSSR count). The third-order valence-electron chi connectivity index (χ3n) is 1.66. The van der Waals surface area contributed by atoms with Gasteiger partial charge in [-0.2, -0.15) is 0 Å². The van der Waals surface area contributed by atoms with Crippen molar-refractivity contribution >= 4 is 11.7 Å². The Kier molecular flexibility index (Phi) is 2.69. The van der Waals surface area contributed by atoms with Crippen molar-refractivity contribution in [3.63, 3.8) is 0 Å². The van der Waals surface area contributed by atoms with Gasteiger partial charge in [0.05, 0.1) is 5.69 Å². The monoisotopic (exact) mass is 181 g/mol. The first-order chi connectivity index (χ1) is 6.20. The van der Waals surface area contributed by atoms with Crippen molar-refractivity contribution in [1.29, 1.82) is 0 Å². The first kappa shape index (κ1) is 9.31. The highest BCUT2D eigenvalue weighted by Gasteiger charge is 2.14. The van der Waals surface area contributed by atoms with Crippen molar-refractivity contribution in [3.8, 4) is 0 Å². The Morgan fingerprint density at radius 3 is 2.85 bits per heavy atom. The molecule has 0 radical (unpaired) electrons. The zero-order valence-corrected chi connectivity index (χ0v) is 7.48. The standard InChI is InChI=1S/C8H11N3O2/c1-9-7(8(12)13)6-4-3-5-11(6)10-2/h3-5,10H,1-2H3,(H,12,13). The molecule has 1 aromatic rings. The van der Waals surface area contributed by atoms with Crippen LogP contribution in [0.3, 0.4) is 0 Å². The highest BCUT2D eigenvalue weighted by Crippen LogP contribution is 2.02. The van der Waals surface area contributed by atoms with Crippen molar-refractivity contribution in [3.05, 3.63) is 24.0 Å². The van der Waals surface area contributed by atoms with Gasteiger partial charge >= 0.3 is 5.97 Å². The Balaban J connectivity index is 3.12. The lowest BCUT2D eigenvalue weighted by atomic mass is 10.3. The maximum Gasteiger partial charge on any atom is 0.356 e. The minimum Gasteiger partial charge on any atom is -0.476 e. The van der Waals surface area contributed by atoms with Crippen molar-refractivity contribution in [2.75, 3.05) is 19.5 Å². The highest BCUT2D eigenvalue weighted by atomic mass is 16.4. The fourth-order valence-corrected chi connectivity index (χ4v) is 1.09. The molecule has 1 aromatic heterocycles. The van der Waals surface area contributed by atoms with Crippen LogP contribution in [-0.4, -0.2) is 35.6 Å². The fraction of sp³-hybridized carbons (Fsp3) is 0.250. The van der Waals surface area contributed by atoms with Gasteiger partial charge in [0.15, 0.2) is 5.71 Å². The summed E-state index contributed by atoms with van der Waals surface area (Å²) in [6, 6.07) is 3.44. The molecular weight excluding hydrogens is 170 g/mol. The smallest absolute Gasteiger partial charge is 0.356 e. The molecule has 0 fully saturated rings. The summed E-state index contributed by atoms with van der Waals surface area (Å²) in [5, 5.41) is 8.79. The number of nitrogens with one attached hydrogen (secondary N) is 1. The first-order valence-electron chi connectivity index (χ1n) is 3.76. The van der Waals surface area contributed by atoms with E-state index < -0.39 is 5.97 Å². The van der Waals surface area contributed by atoms with Crippen LogP contribution in [0.5, 0.6) is 0 Å². The number of nitrogens with zero attached hydrogens (tertiary/aromatic N) is 2. The topological polar surface area (TPSA) is 66.6 Å². The summed E-state index contributed by atoms with van der Waals surface area (Å²) < 4.78 is 1.59. The van der Waals surface area contributed by atoms with E-state index >= 15 is 0 Å². The Hall–Kier alpha value is -1.78. The number of hydrogen-bond acceptors (Lipinski definition) is 3. The van der Waals surface area contributed by atoms with E-state index in [-0.39, 0.29) is 5.71 Å². The van der Waals surface area contributed by atoms with Gasteiger partial charge in [-0.15, -0.1) is 0 Å². The first-order valence-corrected chi connectivity index (χ1v) is 3.76. The molecule has 0 aliphatic carbocycles. The van der Waals surface area contributed by atoms with Crippen LogP contribution in [-0.2, 0) is 4.79 Å². The normalized spacial score (nSPS) is 11.4. The van der Waals surface area contributed by atoms with Gasteiger partial charge < -0.3 is 10.5 Å². The van der Waals surface area contributed by atoms with Gasteiger partial charge in [-0.25, -0.2) is 4.79 Å². The summed E-state index contributed by atoms with van der Waals surface area (Å²) in [7, 11) is 3.16. The van der Waals surface area contributed by atoms with E-state index in [0.717, 1.165) is 0 Å². The molecule has 0 spiro atoms. The van der Waals surface area contributed by atoms with E-state index in [0.29, 0.717) is 5.69 Å². The molecule has 0 saturated heterocycles. The summed E-state index contributed by atoms with van der Waals surface area (Å²) >= 11 is 0. The summed E-state index contributed by atoms with van der Waals surface area (Å²) in [5.74, 6) is -1.03. The van der Waals surface area contributed by atoms with Crippen LogP contribution < -0.4 is 5.43 Å². The second kappa shape index (κ2) is 3.75. The SMILES string of the molecule is CN=C(C(=O)O)c1cccn1NC. The number of hydrogen-bond donors (Lipinski definition) is 2. The van der Waals surface area contributed by atoms with Gasteiger partial charge in [-0.05, 0) is 12.1 Å². The van der Waals surface area contributed by atoms with Crippen molar-refractivity contribution < 1.29 is 9.90 Å². The number of aromatic nitrogens is 1. The molecule has 0 amide bonds.